The second-order valence-electron chi connectivity index (χ2n) is 8.79. The lowest BCUT2D eigenvalue weighted by atomic mass is 9.90. The number of halogens is 1. The molecule has 2 unspecified atom stereocenters. The van der Waals surface area contributed by atoms with Crippen LogP contribution in [0.3, 0.4) is 0 Å². The molecular formula is C25H25FN2O. The molecule has 2 saturated carbocycles. The molecule has 0 radical (unpaired) electrons. The largest absolute Gasteiger partial charge is 0.441 e. The molecule has 148 valence electrons. The van der Waals surface area contributed by atoms with Crippen molar-refractivity contribution in [3.63, 3.8) is 0 Å². The number of aromatic nitrogens is 1. The molecule has 0 saturated heterocycles. The molecule has 0 amide bonds. The number of hydrogen-bond donors (Lipinski definition) is 0. The van der Waals surface area contributed by atoms with Crippen LogP contribution < -0.4 is 0 Å². The number of hydrogen-bond acceptors (Lipinski definition) is 3. The Kier molecular flexibility index (Phi) is 4.08. The molecule has 29 heavy (non-hydrogen) atoms. The standard InChI is InChI=1S/C25H25FN2O/c26-22-13-17(9-10-19(22)21-14-20(21)16-5-2-1-3-6-16)25-27-23-15-28(18-7-4-8-18)12-11-24(23)29-25/h1-3,5-6,9-10,13,18,20-21H,4,7-8,11-12,14-15H2. The van der Waals surface area contributed by atoms with Gasteiger partial charge in [0, 0.05) is 31.1 Å². The first kappa shape index (κ1) is 17.4. The molecule has 2 aromatic carbocycles. The van der Waals surface area contributed by atoms with Gasteiger partial charge in [0.1, 0.15) is 11.6 Å². The lowest BCUT2D eigenvalue weighted by molar-refractivity contribution is 0.108. The summed E-state index contributed by atoms with van der Waals surface area (Å²) in [5.74, 6) is 2.11. The maximum absolute atomic E-state index is 14.9. The summed E-state index contributed by atoms with van der Waals surface area (Å²) in [7, 11) is 0. The minimum absolute atomic E-state index is 0.141. The molecule has 6 rings (SSSR count). The predicted molar refractivity (Wildman–Crippen MR) is 110 cm³/mol. The minimum atomic E-state index is -0.141. The predicted octanol–water partition coefficient (Wildman–Crippen LogP) is 5.66. The average Bonchev–Trinajstić information content (AvgIpc) is 3.38. The molecule has 2 heterocycles. The molecular weight excluding hydrogens is 363 g/mol. The van der Waals surface area contributed by atoms with Crippen molar-refractivity contribution in [1.29, 1.82) is 0 Å². The molecule has 2 fully saturated rings. The molecule has 1 aromatic heterocycles. The Hall–Kier alpha value is -2.46. The van der Waals surface area contributed by atoms with Gasteiger partial charge in [0.25, 0.3) is 0 Å². The molecule has 0 spiro atoms. The summed E-state index contributed by atoms with van der Waals surface area (Å²) in [6, 6.07) is 16.6. The Bertz CT molecular complexity index is 1040. The third-order valence-electron chi connectivity index (χ3n) is 7.01. The summed E-state index contributed by atoms with van der Waals surface area (Å²) in [6.45, 7) is 1.91. The van der Waals surface area contributed by atoms with Crippen molar-refractivity contribution in [3.05, 3.63) is 76.9 Å². The highest BCUT2D eigenvalue weighted by atomic mass is 19.1. The van der Waals surface area contributed by atoms with Crippen LogP contribution in [0.5, 0.6) is 0 Å². The third-order valence-corrected chi connectivity index (χ3v) is 7.01. The lowest BCUT2D eigenvalue weighted by Crippen LogP contribution is -2.42. The van der Waals surface area contributed by atoms with Gasteiger partial charge in [-0.3, -0.25) is 4.90 Å². The fourth-order valence-electron chi connectivity index (χ4n) is 4.97. The fraction of sp³-hybridized carbons (Fsp3) is 0.400. The van der Waals surface area contributed by atoms with Crippen molar-refractivity contribution < 1.29 is 8.81 Å². The van der Waals surface area contributed by atoms with E-state index in [2.05, 4.69) is 29.2 Å². The zero-order chi connectivity index (χ0) is 19.4. The van der Waals surface area contributed by atoms with Crippen molar-refractivity contribution in [2.75, 3.05) is 6.54 Å². The highest BCUT2D eigenvalue weighted by molar-refractivity contribution is 5.56. The van der Waals surface area contributed by atoms with E-state index in [-0.39, 0.29) is 11.7 Å². The molecule has 0 bridgehead atoms. The summed E-state index contributed by atoms with van der Waals surface area (Å²) >= 11 is 0. The highest BCUT2D eigenvalue weighted by Gasteiger charge is 2.41. The monoisotopic (exact) mass is 388 g/mol. The Morgan fingerprint density at radius 1 is 1.03 bits per heavy atom. The maximum Gasteiger partial charge on any atom is 0.226 e. The van der Waals surface area contributed by atoms with E-state index in [9.17, 15) is 4.39 Å². The van der Waals surface area contributed by atoms with E-state index < -0.39 is 0 Å². The maximum atomic E-state index is 14.9. The molecule has 3 aliphatic rings. The van der Waals surface area contributed by atoms with Crippen LogP contribution in [0, 0.1) is 5.82 Å². The SMILES string of the molecule is Fc1cc(-c2nc3c(o2)CCN(C2CCC2)C3)ccc1C1CC1c1ccccc1. The van der Waals surface area contributed by atoms with E-state index in [1.807, 2.05) is 18.2 Å². The second kappa shape index (κ2) is 6.81. The van der Waals surface area contributed by atoms with Gasteiger partial charge in [0.15, 0.2) is 0 Å². The van der Waals surface area contributed by atoms with Gasteiger partial charge in [-0.15, -0.1) is 0 Å². The van der Waals surface area contributed by atoms with Crippen LogP contribution in [0.15, 0.2) is 52.9 Å². The molecule has 4 heteroatoms. The normalized spacial score (nSPS) is 24.2. The van der Waals surface area contributed by atoms with Crippen LogP contribution in [0.25, 0.3) is 11.5 Å². The smallest absolute Gasteiger partial charge is 0.226 e. The fourth-order valence-corrected chi connectivity index (χ4v) is 4.97. The van der Waals surface area contributed by atoms with Crippen LogP contribution in [-0.2, 0) is 13.0 Å². The van der Waals surface area contributed by atoms with Crippen LogP contribution in [0.4, 0.5) is 4.39 Å². The molecule has 3 nitrogen and oxygen atoms in total. The van der Waals surface area contributed by atoms with Crippen molar-refractivity contribution >= 4 is 0 Å². The zero-order valence-corrected chi connectivity index (χ0v) is 16.5. The first-order chi connectivity index (χ1) is 14.3. The quantitative estimate of drug-likeness (QED) is 0.577. The first-order valence-electron chi connectivity index (χ1n) is 10.8. The Labute approximate surface area is 170 Å². The van der Waals surface area contributed by atoms with E-state index in [4.69, 9.17) is 9.40 Å². The van der Waals surface area contributed by atoms with Gasteiger partial charge < -0.3 is 4.42 Å². The molecule has 2 atom stereocenters. The minimum Gasteiger partial charge on any atom is -0.441 e. The third kappa shape index (κ3) is 3.10. The van der Waals surface area contributed by atoms with Gasteiger partial charge in [-0.25, -0.2) is 9.37 Å². The van der Waals surface area contributed by atoms with Crippen molar-refractivity contribution in [1.82, 2.24) is 9.88 Å². The van der Waals surface area contributed by atoms with Crippen molar-refractivity contribution in [3.8, 4) is 11.5 Å². The number of rotatable bonds is 4. The van der Waals surface area contributed by atoms with Gasteiger partial charge in [0.05, 0.1) is 5.69 Å². The molecule has 0 N–H and O–H groups in total. The second-order valence-corrected chi connectivity index (χ2v) is 8.79. The van der Waals surface area contributed by atoms with Crippen LogP contribution >= 0.6 is 0 Å². The Morgan fingerprint density at radius 3 is 2.66 bits per heavy atom. The van der Waals surface area contributed by atoms with E-state index in [0.717, 1.165) is 54.6 Å². The van der Waals surface area contributed by atoms with Crippen molar-refractivity contribution in [2.24, 2.45) is 0 Å². The van der Waals surface area contributed by atoms with E-state index in [1.54, 1.807) is 6.07 Å². The number of benzene rings is 2. The zero-order valence-electron chi connectivity index (χ0n) is 16.5. The first-order valence-corrected chi connectivity index (χ1v) is 10.8. The van der Waals surface area contributed by atoms with Gasteiger partial charge in [0.2, 0.25) is 5.89 Å². The van der Waals surface area contributed by atoms with Gasteiger partial charge in [-0.2, -0.15) is 0 Å². The van der Waals surface area contributed by atoms with E-state index in [1.165, 1.54) is 24.8 Å². The van der Waals surface area contributed by atoms with Crippen LogP contribution in [0.1, 0.15) is 60.1 Å². The van der Waals surface area contributed by atoms with Crippen molar-refractivity contribution in [2.45, 2.75) is 56.5 Å². The summed E-state index contributed by atoms with van der Waals surface area (Å²) in [5, 5.41) is 0. The Morgan fingerprint density at radius 2 is 1.90 bits per heavy atom. The topological polar surface area (TPSA) is 29.3 Å². The van der Waals surface area contributed by atoms with E-state index in [0.29, 0.717) is 11.8 Å². The van der Waals surface area contributed by atoms with Crippen LogP contribution in [-0.4, -0.2) is 22.5 Å². The van der Waals surface area contributed by atoms with Gasteiger partial charge >= 0.3 is 0 Å². The molecule has 2 aliphatic carbocycles. The summed E-state index contributed by atoms with van der Waals surface area (Å²) in [5.41, 5.74) is 3.90. The van der Waals surface area contributed by atoms with Gasteiger partial charge in [-0.05, 0) is 54.4 Å². The van der Waals surface area contributed by atoms with E-state index >= 15 is 0 Å². The number of fused-ring (bicyclic) bond motifs is 1. The Balaban J connectivity index is 1.21. The number of oxazole rings is 1. The number of nitrogens with zero attached hydrogens (tertiary/aromatic N) is 2. The van der Waals surface area contributed by atoms with Gasteiger partial charge in [-0.1, -0.05) is 42.8 Å². The summed E-state index contributed by atoms with van der Waals surface area (Å²) in [4.78, 5) is 7.26. The lowest BCUT2D eigenvalue weighted by Gasteiger charge is -2.38. The summed E-state index contributed by atoms with van der Waals surface area (Å²) < 4.78 is 21.0. The average molecular weight is 388 g/mol. The van der Waals surface area contributed by atoms with Crippen LogP contribution in [0.2, 0.25) is 0 Å². The summed E-state index contributed by atoms with van der Waals surface area (Å²) in [6.07, 6.45) is 5.87. The highest BCUT2D eigenvalue weighted by Crippen LogP contribution is 2.55. The molecule has 1 aliphatic heterocycles. The molecule has 3 aromatic rings.